The van der Waals surface area contributed by atoms with Crippen molar-refractivity contribution in [1.29, 1.82) is 0 Å². The number of ether oxygens (including phenoxy) is 1. The molecule has 3 heteroatoms. The molecule has 112 valence electrons. The SMILES string of the molecule is Cc1ccc(OCCCSCc2cccc(CCl)c2)cc1. The zero-order chi connectivity index (χ0) is 14.9. The molecule has 2 aromatic carbocycles. The maximum Gasteiger partial charge on any atom is 0.119 e. The molecule has 0 fully saturated rings. The molecule has 0 heterocycles. The van der Waals surface area contributed by atoms with Crippen molar-refractivity contribution in [2.24, 2.45) is 0 Å². The molecular formula is C18H21ClOS. The number of hydrogen-bond acceptors (Lipinski definition) is 2. The van der Waals surface area contributed by atoms with E-state index in [4.69, 9.17) is 16.3 Å². The largest absolute Gasteiger partial charge is 0.494 e. The van der Waals surface area contributed by atoms with Gasteiger partial charge in [0.05, 0.1) is 6.61 Å². The lowest BCUT2D eigenvalue weighted by molar-refractivity contribution is 0.318. The van der Waals surface area contributed by atoms with E-state index in [1.807, 2.05) is 23.9 Å². The van der Waals surface area contributed by atoms with E-state index in [1.54, 1.807) is 0 Å². The van der Waals surface area contributed by atoms with Crippen LogP contribution < -0.4 is 4.74 Å². The second-order valence-electron chi connectivity index (χ2n) is 5.02. The molecule has 2 aromatic rings. The molecule has 0 atom stereocenters. The van der Waals surface area contributed by atoms with E-state index in [9.17, 15) is 0 Å². The van der Waals surface area contributed by atoms with Crippen molar-refractivity contribution in [3.05, 3.63) is 65.2 Å². The van der Waals surface area contributed by atoms with Crippen molar-refractivity contribution in [2.45, 2.75) is 25.0 Å². The first-order valence-corrected chi connectivity index (χ1v) is 8.88. The van der Waals surface area contributed by atoms with Gasteiger partial charge in [-0.15, -0.1) is 11.6 Å². The summed E-state index contributed by atoms with van der Waals surface area (Å²) in [5.74, 6) is 3.69. The quantitative estimate of drug-likeness (QED) is 0.473. The van der Waals surface area contributed by atoms with Crippen LogP contribution in [0.15, 0.2) is 48.5 Å². The van der Waals surface area contributed by atoms with Crippen LogP contribution in [-0.2, 0) is 11.6 Å². The maximum atomic E-state index is 5.85. The van der Waals surface area contributed by atoms with Gasteiger partial charge in [-0.3, -0.25) is 0 Å². The predicted octanol–water partition coefficient (Wildman–Crippen LogP) is 5.44. The van der Waals surface area contributed by atoms with Crippen molar-refractivity contribution >= 4 is 23.4 Å². The second-order valence-corrected chi connectivity index (χ2v) is 6.39. The molecule has 21 heavy (non-hydrogen) atoms. The summed E-state index contributed by atoms with van der Waals surface area (Å²) < 4.78 is 5.72. The Morgan fingerprint density at radius 1 is 1.05 bits per heavy atom. The van der Waals surface area contributed by atoms with Crippen LogP contribution in [0, 0.1) is 6.92 Å². The maximum absolute atomic E-state index is 5.85. The molecule has 0 N–H and O–H groups in total. The zero-order valence-electron chi connectivity index (χ0n) is 12.3. The van der Waals surface area contributed by atoms with E-state index in [0.717, 1.165) is 30.3 Å². The monoisotopic (exact) mass is 320 g/mol. The van der Waals surface area contributed by atoms with Crippen LogP contribution in [-0.4, -0.2) is 12.4 Å². The Balaban J connectivity index is 1.60. The topological polar surface area (TPSA) is 9.23 Å². The van der Waals surface area contributed by atoms with E-state index < -0.39 is 0 Å². The summed E-state index contributed by atoms with van der Waals surface area (Å²) >= 11 is 7.79. The van der Waals surface area contributed by atoms with Crippen LogP contribution in [0.25, 0.3) is 0 Å². The lowest BCUT2D eigenvalue weighted by atomic mass is 10.2. The van der Waals surface area contributed by atoms with Crippen LogP contribution in [0.1, 0.15) is 23.1 Å². The summed E-state index contributed by atoms with van der Waals surface area (Å²) in [6.45, 7) is 2.86. The number of rotatable bonds is 8. The van der Waals surface area contributed by atoms with Crippen LogP contribution in [0.2, 0.25) is 0 Å². The summed E-state index contributed by atoms with van der Waals surface area (Å²) in [4.78, 5) is 0. The van der Waals surface area contributed by atoms with E-state index in [2.05, 4.69) is 43.3 Å². The standard InChI is InChI=1S/C18H21ClOS/c1-15-6-8-18(9-7-15)20-10-3-11-21-14-17-5-2-4-16(12-17)13-19/h2,4-9,12H,3,10-11,13-14H2,1H3. The third-order valence-electron chi connectivity index (χ3n) is 3.14. The first kappa shape index (κ1) is 16.3. The number of thioether (sulfide) groups is 1. The highest BCUT2D eigenvalue weighted by Crippen LogP contribution is 2.16. The van der Waals surface area contributed by atoms with E-state index in [0.29, 0.717) is 5.88 Å². The van der Waals surface area contributed by atoms with Crippen LogP contribution >= 0.6 is 23.4 Å². The number of benzene rings is 2. The number of hydrogen-bond donors (Lipinski definition) is 0. The smallest absolute Gasteiger partial charge is 0.119 e. The molecule has 0 bridgehead atoms. The van der Waals surface area contributed by atoms with Gasteiger partial charge in [0, 0.05) is 11.6 Å². The van der Waals surface area contributed by atoms with Gasteiger partial charge in [0.15, 0.2) is 0 Å². The van der Waals surface area contributed by atoms with E-state index in [-0.39, 0.29) is 0 Å². The molecule has 0 radical (unpaired) electrons. The Bertz CT molecular complexity index is 539. The molecule has 1 nitrogen and oxygen atoms in total. The summed E-state index contributed by atoms with van der Waals surface area (Å²) in [7, 11) is 0. The Morgan fingerprint density at radius 3 is 2.57 bits per heavy atom. The summed E-state index contributed by atoms with van der Waals surface area (Å²) in [5.41, 5.74) is 3.80. The van der Waals surface area contributed by atoms with Gasteiger partial charge in [-0.05, 0) is 42.4 Å². The van der Waals surface area contributed by atoms with Gasteiger partial charge in [-0.2, -0.15) is 11.8 Å². The molecule has 0 amide bonds. The highest BCUT2D eigenvalue weighted by atomic mass is 35.5. The lowest BCUT2D eigenvalue weighted by Gasteiger charge is -2.07. The normalized spacial score (nSPS) is 10.6. The van der Waals surface area contributed by atoms with Gasteiger partial charge in [-0.25, -0.2) is 0 Å². The fourth-order valence-electron chi connectivity index (χ4n) is 1.98. The molecule has 0 unspecified atom stereocenters. The Kier molecular flexibility index (Phi) is 6.98. The Labute approximate surface area is 136 Å². The molecular weight excluding hydrogens is 300 g/mol. The average molecular weight is 321 g/mol. The van der Waals surface area contributed by atoms with Crippen molar-refractivity contribution in [3.63, 3.8) is 0 Å². The summed E-state index contributed by atoms with van der Waals surface area (Å²) in [5, 5.41) is 0. The lowest BCUT2D eigenvalue weighted by Crippen LogP contribution is -1.98. The molecule has 0 saturated carbocycles. The predicted molar refractivity (Wildman–Crippen MR) is 93.5 cm³/mol. The first-order valence-electron chi connectivity index (χ1n) is 7.19. The highest BCUT2D eigenvalue weighted by molar-refractivity contribution is 7.98. The van der Waals surface area contributed by atoms with Gasteiger partial charge in [0.1, 0.15) is 5.75 Å². The van der Waals surface area contributed by atoms with Gasteiger partial charge < -0.3 is 4.74 Å². The number of aryl methyl sites for hydroxylation is 1. The van der Waals surface area contributed by atoms with E-state index in [1.165, 1.54) is 16.7 Å². The fraction of sp³-hybridized carbons (Fsp3) is 0.333. The van der Waals surface area contributed by atoms with Crippen LogP contribution in [0.5, 0.6) is 5.75 Å². The third kappa shape index (κ3) is 6.03. The van der Waals surface area contributed by atoms with Crippen molar-refractivity contribution in [3.8, 4) is 5.75 Å². The Morgan fingerprint density at radius 2 is 1.81 bits per heavy atom. The van der Waals surface area contributed by atoms with Crippen LogP contribution in [0.4, 0.5) is 0 Å². The van der Waals surface area contributed by atoms with Gasteiger partial charge in [0.25, 0.3) is 0 Å². The first-order chi connectivity index (χ1) is 10.3. The third-order valence-corrected chi connectivity index (χ3v) is 4.56. The van der Waals surface area contributed by atoms with Crippen molar-refractivity contribution < 1.29 is 4.74 Å². The van der Waals surface area contributed by atoms with Gasteiger partial charge in [0.2, 0.25) is 0 Å². The van der Waals surface area contributed by atoms with Crippen molar-refractivity contribution in [2.75, 3.05) is 12.4 Å². The number of alkyl halides is 1. The highest BCUT2D eigenvalue weighted by Gasteiger charge is 1.97. The fourth-order valence-corrected chi connectivity index (χ4v) is 3.03. The minimum absolute atomic E-state index is 0.586. The van der Waals surface area contributed by atoms with Gasteiger partial charge >= 0.3 is 0 Å². The zero-order valence-corrected chi connectivity index (χ0v) is 13.9. The molecule has 0 saturated heterocycles. The summed E-state index contributed by atoms with van der Waals surface area (Å²) in [6.07, 6.45) is 1.06. The molecule has 0 aliphatic carbocycles. The van der Waals surface area contributed by atoms with E-state index >= 15 is 0 Å². The van der Waals surface area contributed by atoms with Crippen LogP contribution in [0.3, 0.4) is 0 Å². The minimum Gasteiger partial charge on any atom is -0.494 e. The molecule has 2 rings (SSSR count). The average Bonchev–Trinajstić information content (AvgIpc) is 2.52. The minimum atomic E-state index is 0.586. The molecule has 0 spiro atoms. The molecule has 0 aliphatic heterocycles. The van der Waals surface area contributed by atoms with Gasteiger partial charge in [-0.1, -0.05) is 42.0 Å². The summed E-state index contributed by atoms with van der Waals surface area (Å²) in [6, 6.07) is 16.7. The number of halogens is 1. The Hall–Kier alpha value is -1.12. The molecule has 0 aliphatic rings. The van der Waals surface area contributed by atoms with Crippen molar-refractivity contribution in [1.82, 2.24) is 0 Å². The molecule has 0 aromatic heterocycles. The second kappa shape index (κ2) is 9.01.